The molecular weight excluding hydrogens is 192 g/mol. The highest BCUT2D eigenvalue weighted by molar-refractivity contribution is 7.09. The van der Waals surface area contributed by atoms with Gasteiger partial charge >= 0.3 is 0 Å². The van der Waals surface area contributed by atoms with E-state index in [0.717, 1.165) is 19.0 Å². The van der Waals surface area contributed by atoms with Crippen LogP contribution in [0.1, 0.15) is 48.2 Å². The first-order chi connectivity index (χ1) is 6.93. The predicted octanol–water partition coefficient (Wildman–Crippen LogP) is 2.49. The Bertz CT molecular complexity index is 311. The quantitative estimate of drug-likeness (QED) is 0.807. The minimum absolute atomic E-state index is 0.710. The third-order valence-electron chi connectivity index (χ3n) is 3.44. The minimum Gasteiger partial charge on any atom is -0.315 e. The summed E-state index contributed by atoms with van der Waals surface area (Å²) in [5.41, 5.74) is 1.34. The zero-order valence-corrected chi connectivity index (χ0v) is 9.15. The lowest BCUT2D eigenvalue weighted by Crippen LogP contribution is -2.40. The second-order valence-corrected chi connectivity index (χ2v) is 5.34. The van der Waals surface area contributed by atoms with Gasteiger partial charge in [-0.3, -0.25) is 0 Å². The van der Waals surface area contributed by atoms with Gasteiger partial charge in [0.1, 0.15) is 0 Å². The van der Waals surface area contributed by atoms with Gasteiger partial charge in [-0.15, -0.1) is 11.3 Å². The van der Waals surface area contributed by atoms with Crippen molar-refractivity contribution in [1.29, 1.82) is 0 Å². The Morgan fingerprint density at radius 2 is 2.00 bits per heavy atom. The van der Waals surface area contributed by atoms with E-state index >= 15 is 0 Å². The molecule has 1 saturated carbocycles. The summed E-state index contributed by atoms with van der Waals surface area (Å²) in [6.45, 7) is 2.27. The third kappa shape index (κ3) is 1.48. The Kier molecular flexibility index (Phi) is 2.30. The van der Waals surface area contributed by atoms with E-state index in [1.54, 1.807) is 0 Å². The predicted molar refractivity (Wildman–Crippen MR) is 58.9 cm³/mol. The molecule has 3 heteroatoms. The van der Waals surface area contributed by atoms with Crippen LogP contribution in [-0.2, 0) is 0 Å². The Labute approximate surface area is 88.7 Å². The van der Waals surface area contributed by atoms with Crippen molar-refractivity contribution in [1.82, 2.24) is 10.3 Å². The first-order valence-electron chi connectivity index (χ1n) is 5.59. The normalized spacial score (nSPS) is 24.0. The highest BCUT2D eigenvalue weighted by Gasteiger charge is 2.24. The highest BCUT2D eigenvalue weighted by Crippen LogP contribution is 2.36. The number of rotatable bonds is 2. The van der Waals surface area contributed by atoms with E-state index in [4.69, 9.17) is 4.98 Å². The van der Waals surface area contributed by atoms with Crippen molar-refractivity contribution in [2.45, 2.75) is 37.5 Å². The SMILES string of the molecule is c1sc(C2CCCC2)nc1C1CNC1. The molecule has 1 aliphatic carbocycles. The van der Waals surface area contributed by atoms with Gasteiger partial charge in [0.25, 0.3) is 0 Å². The van der Waals surface area contributed by atoms with E-state index in [0.29, 0.717) is 5.92 Å². The molecular formula is C11H16N2S. The molecule has 3 rings (SSSR count). The molecule has 1 aromatic rings. The number of nitrogens with one attached hydrogen (secondary N) is 1. The fourth-order valence-corrected chi connectivity index (χ4v) is 3.42. The van der Waals surface area contributed by atoms with Crippen molar-refractivity contribution in [3.8, 4) is 0 Å². The molecule has 0 amide bonds. The molecule has 0 unspecified atom stereocenters. The number of thiazole rings is 1. The molecule has 2 heterocycles. The van der Waals surface area contributed by atoms with Crippen molar-refractivity contribution < 1.29 is 0 Å². The van der Waals surface area contributed by atoms with Crippen molar-refractivity contribution in [3.63, 3.8) is 0 Å². The Hall–Kier alpha value is -0.410. The van der Waals surface area contributed by atoms with Gasteiger partial charge in [-0.05, 0) is 12.8 Å². The van der Waals surface area contributed by atoms with Crippen LogP contribution in [0.4, 0.5) is 0 Å². The van der Waals surface area contributed by atoms with E-state index in [9.17, 15) is 0 Å². The van der Waals surface area contributed by atoms with Gasteiger partial charge in [-0.25, -0.2) is 4.98 Å². The number of nitrogens with zero attached hydrogens (tertiary/aromatic N) is 1. The summed E-state index contributed by atoms with van der Waals surface area (Å²) in [7, 11) is 0. The molecule has 0 spiro atoms. The highest BCUT2D eigenvalue weighted by atomic mass is 32.1. The van der Waals surface area contributed by atoms with Crippen LogP contribution in [0.15, 0.2) is 5.38 Å². The molecule has 2 fully saturated rings. The molecule has 1 aromatic heterocycles. The maximum Gasteiger partial charge on any atom is 0.0959 e. The zero-order chi connectivity index (χ0) is 9.38. The molecule has 2 nitrogen and oxygen atoms in total. The van der Waals surface area contributed by atoms with Gasteiger partial charge in [0.15, 0.2) is 0 Å². The lowest BCUT2D eigenvalue weighted by molar-refractivity contribution is 0.440. The number of aromatic nitrogens is 1. The lowest BCUT2D eigenvalue weighted by atomic mass is 10.0. The van der Waals surface area contributed by atoms with Crippen LogP contribution in [-0.4, -0.2) is 18.1 Å². The standard InChI is InChI=1S/C11H16N2S/c1-2-4-8(3-1)11-13-10(7-14-11)9-5-12-6-9/h7-9,12H,1-6H2. The fourth-order valence-electron chi connectivity index (χ4n) is 2.35. The topological polar surface area (TPSA) is 24.9 Å². The van der Waals surface area contributed by atoms with E-state index in [2.05, 4.69) is 10.7 Å². The van der Waals surface area contributed by atoms with Gasteiger partial charge < -0.3 is 5.32 Å². The molecule has 14 heavy (non-hydrogen) atoms. The first kappa shape index (κ1) is 8.86. The van der Waals surface area contributed by atoms with Crippen LogP contribution in [0.3, 0.4) is 0 Å². The Morgan fingerprint density at radius 1 is 1.21 bits per heavy atom. The summed E-state index contributed by atoms with van der Waals surface area (Å²) < 4.78 is 0. The largest absolute Gasteiger partial charge is 0.315 e. The second kappa shape index (κ2) is 3.63. The van der Waals surface area contributed by atoms with Gasteiger partial charge in [-0.1, -0.05) is 12.8 Å². The average Bonchev–Trinajstić information content (AvgIpc) is 2.65. The zero-order valence-electron chi connectivity index (χ0n) is 8.33. The van der Waals surface area contributed by atoms with Crippen LogP contribution in [0, 0.1) is 0 Å². The molecule has 0 aromatic carbocycles. The lowest BCUT2D eigenvalue weighted by Gasteiger charge is -2.25. The first-order valence-corrected chi connectivity index (χ1v) is 6.47. The van der Waals surface area contributed by atoms with Crippen LogP contribution in [0.2, 0.25) is 0 Å². The van der Waals surface area contributed by atoms with Crippen molar-refractivity contribution in [3.05, 3.63) is 16.1 Å². The minimum atomic E-state index is 0.710. The van der Waals surface area contributed by atoms with E-state index < -0.39 is 0 Å². The van der Waals surface area contributed by atoms with E-state index in [1.165, 1.54) is 36.4 Å². The van der Waals surface area contributed by atoms with Gasteiger partial charge in [0.05, 0.1) is 10.7 Å². The van der Waals surface area contributed by atoms with Gasteiger partial charge in [-0.2, -0.15) is 0 Å². The number of hydrogen-bond acceptors (Lipinski definition) is 3. The summed E-state index contributed by atoms with van der Waals surface area (Å²) in [4.78, 5) is 4.79. The molecule has 2 aliphatic rings. The maximum atomic E-state index is 4.79. The molecule has 1 saturated heterocycles. The average molecular weight is 208 g/mol. The second-order valence-electron chi connectivity index (χ2n) is 4.45. The Morgan fingerprint density at radius 3 is 2.64 bits per heavy atom. The van der Waals surface area contributed by atoms with Gasteiger partial charge in [0.2, 0.25) is 0 Å². The summed E-state index contributed by atoms with van der Waals surface area (Å²) in [6.07, 6.45) is 5.56. The molecule has 0 atom stereocenters. The maximum absolute atomic E-state index is 4.79. The summed E-state index contributed by atoms with van der Waals surface area (Å²) >= 11 is 1.89. The Balaban J connectivity index is 1.75. The van der Waals surface area contributed by atoms with E-state index in [1.807, 2.05) is 11.3 Å². The smallest absolute Gasteiger partial charge is 0.0959 e. The summed E-state index contributed by atoms with van der Waals surface area (Å²) in [5.74, 6) is 1.50. The molecule has 0 bridgehead atoms. The fraction of sp³-hybridized carbons (Fsp3) is 0.727. The van der Waals surface area contributed by atoms with Gasteiger partial charge in [0, 0.05) is 30.3 Å². The van der Waals surface area contributed by atoms with Crippen molar-refractivity contribution >= 4 is 11.3 Å². The third-order valence-corrected chi connectivity index (χ3v) is 4.47. The molecule has 0 radical (unpaired) electrons. The summed E-state index contributed by atoms with van der Waals surface area (Å²) in [5, 5.41) is 6.99. The van der Waals surface area contributed by atoms with Crippen LogP contribution < -0.4 is 5.32 Å². The van der Waals surface area contributed by atoms with E-state index in [-0.39, 0.29) is 0 Å². The molecule has 76 valence electrons. The van der Waals surface area contributed by atoms with Crippen molar-refractivity contribution in [2.75, 3.05) is 13.1 Å². The van der Waals surface area contributed by atoms with Crippen LogP contribution >= 0.6 is 11.3 Å². The molecule has 1 N–H and O–H groups in total. The number of hydrogen-bond donors (Lipinski definition) is 1. The summed E-state index contributed by atoms with van der Waals surface area (Å²) in [6, 6.07) is 0. The van der Waals surface area contributed by atoms with Crippen LogP contribution in [0.25, 0.3) is 0 Å². The monoisotopic (exact) mass is 208 g/mol. The molecule has 1 aliphatic heterocycles. The van der Waals surface area contributed by atoms with Crippen molar-refractivity contribution in [2.24, 2.45) is 0 Å². The van der Waals surface area contributed by atoms with Crippen LogP contribution in [0.5, 0.6) is 0 Å².